The van der Waals surface area contributed by atoms with Gasteiger partial charge in [-0.3, -0.25) is 9.59 Å². The molecule has 1 saturated carbocycles. The summed E-state index contributed by atoms with van der Waals surface area (Å²) in [5.41, 5.74) is 0. The number of rotatable bonds is 1. The quantitative estimate of drug-likeness (QED) is 0.438. The average Bonchev–Trinajstić information content (AvgIpc) is 2.03. The SMILES string of the molecule is COC(=O)C1CCC(C)CC1=O. The smallest absolute Gasteiger partial charge is 0.316 e. The van der Waals surface area contributed by atoms with E-state index in [0.29, 0.717) is 18.8 Å². The molecule has 0 aliphatic heterocycles. The van der Waals surface area contributed by atoms with Crippen LogP contribution >= 0.6 is 0 Å². The maximum absolute atomic E-state index is 11.3. The van der Waals surface area contributed by atoms with Crippen molar-refractivity contribution in [1.82, 2.24) is 0 Å². The van der Waals surface area contributed by atoms with Crippen LogP contribution in [0.5, 0.6) is 0 Å². The van der Waals surface area contributed by atoms with Crippen molar-refractivity contribution in [2.45, 2.75) is 26.2 Å². The number of esters is 1. The van der Waals surface area contributed by atoms with Gasteiger partial charge in [-0.25, -0.2) is 0 Å². The Bertz CT molecular complexity index is 198. The Morgan fingerprint density at radius 3 is 2.67 bits per heavy atom. The van der Waals surface area contributed by atoms with Gasteiger partial charge in [-0.15, -0.1) is 0 Å². The molecule has 0 saturated heterocycles. The van der Waals surface area contributed by atoms with Crippen molar-refractivity contribution in [1.29, 1.82) is 0 Å². The van der Waals surface area contributed by atoms with Gasteiger partial charge in [-0.05, 0) is 18.8 Å². The predicted molar refractivity (Wildman–Crippen MR) is 43.5 cm³/mol. The van der Waals surface area contributed by atoms with Crippen LogP contribution in [0.15, 0.2) is 0 Å². The predicted octanol–water partition coefficient (Wildman–Crippen LogP) is 1.16. The van der Waals surface area contributed by atoms with Gasteiger partial charge in [0.25, 0.3) is 0 Å². The van der Waals surface area contributed by atoms with Crippen LogP contribution in [0.1, 0.15) is 26.2 Å². The summed E-state index contributed by atoms with van der Waals surface area (Å²) in [7, 11) is 1.33. The summed E-state index contributed by atoms with van der Waals surface area (Å²) in [6.07, 6.45) is 2.14. The Morgan fingerprint density at radius 1 is 1.50 bits per heavy atom. The summed E-state index contributed by atoms with van der Waals surface area (Å²) in [5, 5.41) is 0. The molecule has 2 atom stereocenters. The lowest BCUT2D eigenvalue weighted by molar-refractivity contribution is -0.151. The minimum atomic E-state index is -0.480. The molecule has 0 aromatic rings. The summed E-state index contributed by atoms with van der Waals surface area (Å²) in [6.45, 7) is 2.03. The van der Waals surface area contributed by atoms with E-state index in [-0.39, 0.29) is 11.8 Å². The topological polar surface area (TPSA) is 43.4 Å². The Morgan fingerprint density at radius 2 is 2.17 bits per heavy atom. The van der Waals surface area contributed by atoms with E-state index in [4.69, 9.17) is 0 Å². The van der Waals surface area contributed by atoms with Crippen LogP contribution in [-0.4, -0.2) is 18.9 Å². The van der Waals surface area contributed by atoms with E-state index in [1.54, 1.807) is 0 Å². The molecule has 0 aromatic carbocycles. The third-order valence-corrected chi connectivity index (χ3v) is 2.37. The standard InChI is InChI=1S/C9H14O3/c1-6-3-4-7(8(10)5-6)9(11)12-2/h6-7H,3-5H2,1-2H3. The van der Waals surface area contributed by atoms with E-state index in [1.165, 1.54) is 7.11 Å². The van der Waals surface area contributed by atoms with E-state index in [9.17, 15) is 9.59 Å². The van der Waals surface area contributed by atoms with Crippen LogP contribution in [0.4, 0.5) is 0 Å². The molecule has 3 nitrogen and oxygen atoms in total. The summed E-state index contributed by atoms with van der Waals surface area (Å²) in [4.78, 5) is 22.3. The monoisotopic (exact) mass is 170 g/mol. The molecular formula is C9H14O3. The van der Waals surface area contributed by atoms with Crippen molar-refractivity contribution in [3.05, 3.63) is 0 Å². The van der Waals surface area contributed by atoms with E-state index in [0.717, 1.165) is 6.42 Å². The highest BCUT2D eigenvalue weighted by molar-refractivity contribution is 5.99. The summed E-state index contributed by atoms with van der Waals surface area (Å²) >= 11 is 0. The molecule has 0 bridgehead atoms. The third kappa shape index (κ3) is 1.84. The van der Waals surface area contributed by atoms with E-state index >= 15 is 0 Å². The van der Waals surface area contributed by atoms with E-state index in [1.807, 2.05) is 6.92 Å². The van der Waals surface area contributed by atoms with Gasteiger partial charge in [0.2, 0.25) is 0 Å². The molecule has 0 aromatic heterocycles. The second kappa shape index (κ2) is 3.70. The molecule has 68 valence electrons. The highest BCUT2D eigenvalue weighted by atomic mass is 16.5. The van der Waals surface area contributed by atoms with Crippen LogP contribution in [-0.2, 0) is 14.3 Å². The van der Waals surface area contributed by atoms with Gasteiger partial charge in [0.1, 0.15) is 11.7 Å². The van der Waals surface area contributed by atoms with Crippen molar-refractivity contribution < 1.29 is 14.3 Å². The zero-order valence-electron chi connectivity index (χ0n) is 7.50. The molecule has 1 aliphatic carbocycles. The number of hydrogen-bond acceptors (Lipinski definition) is 3. The van der Waals surface area contributed by atoms with Gasteiger partial charge in [0, 0.05) is 6.42 Å². The fraction of sp³-hybridized carbons (Fsp3) is 0.778. The summed E-state index contributed by atoms with van der Waals surface area (Å²) in [5.74, 6) is -0.378. The van der Waals surface area contributed by atoms with E-state index < -0.39 is 5.92 Å². The molecule has 0 N–H and O–H groups in total. The maximum Gasteiger partial charge on any atom is 0.316 e. The van der Waals surface area contributed by atoms with E-state index in [2.05, 4.69) is 4.74 Å². The second-order valence-corrected chi connectivity index (χ2v) is 3.43. The maximum atomic E-state index is 11.3. The molecule has 12 heavy (non-hydrogen) atoms. The van der Waals surface area contributed by atoms with Crippen LogP contribution in [0.2, 0.25) is 0 Å². The van der Waals surface area contributed by atoms with Crippen molar-refractivity contribution in [3.8, 4) is 0 Å². The van der Waals surface area contributed by atoms with Gasteiger partial charge < -0.3 is 4.74 Å². The molecule has 0 radical (unpaired) electrons. The molecule has 0 amide bonds. The van der Waals surface area contributed by atoms with Gasteiger partial charge in [0.15, 0.2) is 0 Å². The first-order valence-electron chi connectivity index (χ1n) is 4.25. The number of ether oxygens (including phenoxy) is 1. The molecule has 3 heteroatoms. The van der Waals surface area contributed by atoms with Gasteiger partial charge in [-0.1, -0.05) is 6.92 Å². The molecule has 0 heterocycles. The Labute approximate surface area is 72.1 Å². The first kappa shape index (κ1) is 9.23. The molecule has 1 rings (SSSR count). The van der Waals surface area contributed by atoms with Gasteiger partial charge in [-0.2, -0.15) is 0 Å². The van der Waals surface area contributed by atoms with Crippen molar-refractivity contribution >= 4 is 11.8 Å². The molecule has 0 spiro atoms. The third-order valence-electron chi connectivity index (χ3n) is 2.37. The van der Waals surface area contributed by atoms with Gasteiger partial charge in [0.05, 0.1) is 7.11 Å². The molecule has 1 aliphatic rings. The lowest BCUT2D eigenvalue weighted by Crippen LogP contribution is -2.30. The number of ketones is 1. The van der Waals surface area contributed by atoms with Gasteiger partial charge >= 0.3 is 5.97 Å². The minimum Gasteiger partial charge on any atom is -0.468 e. The zero-order valence-corrected chi connectivity index (χ0v) is 7.50. The highest BCUT2D eigenvalue weighted by Gasteiger charge is 2.32. The van der Waals surface area contributed by atoms with Crippen LogP contribution in [0.3, 0.4) is 0 Å². The average molecular weight is 170 g/mol. The fourth-order valence-electron chi connectivity index (χ4n) is 1.59. The fourth-order valence-corrected chi connectivity index (χ4v) is 1.59. The van der Waals surface area contributed by atoms with Crippen molar-refractivity contribution in [2.75, 3.05) is 7.11 Å². The van der Waals surface area contributed by atoms with Crippen LogP contribution in [0.25, 0.3) is 0 Å². The van der Waals surface area contributed by atoms with Crippen LogP contribution < -0.4 is 0 Å². The largest absolute Gasteiger partial charge is 0.468 e. The second-order valence-electron chi connectivity index (χ2n) is 3.43. The number of Topliss-reactive ketones (excluding diaryl/α,β-unsaturated/α-hetero) is 1. The number of hydrogen-bond donors (Lipinski definition) is 0. The lowest BCUT2D eigenvalue weighted by Gasteiger charge is -2.22. The number of carbonyl (C=O) groups excluding carboxylic acids is 2. The Hall–Kier alpha value is -0.860. The highest BCUT2D eigenvalue weighted by Crippen LogP contribution is 2.26. The summed E-state index contributed by atoms with van der Waals surface area (Å²) in [6, 6.07) is 0. The summed E-state index contributed by atoms with van der Waals surface area (Å²) < 4.78 is 4.54. The van der Waals surface area contributed by atoms with Crippen LogP contribution in [0, 0.1) is 11.8 Å². The lowest BCUT2D eigenvalue weighted by atomic mass is 9.82. The molecule has 2 unspecified atom stereocenters. The van der Waals surface area contributed by atoms with Crippen molar-refractivity contribution in [2.24, 2.45) is 11.8 Å². The number of methoxy groups -OCH3 is 1. The van der Waals surface area contributed by atoms with Crippen molar-refractivity contribution in [3.63, 3.8) is 0 Å². The first-order valence-corrected chi connectivity index (χ1v) is 4.25. The Balaban J connectivity index is 2.56. The molecular weight excluding hydrogens is 156 g/mol. The normalized spacial score (nSPS) is 30.0. The minimum absolute atomic E-state index is 0.0422. The molecule has 1 fully saturated rings. The first-order chi connectivity index (χ1) is 5.65. The zero-order chi connectivity index (χ0) is 9.14. The Kier molecular flexibility index (Phi) is 2.84. The number of carbonyl (C=O) groups is 2.